The number of hydrogen-bond acceptors (Lipinski definition) is 0. The van der Waals surface area contributed by atoms with E-state index in [1.54, 1.807) is 0 Å². The minimum Gasteiger partial charge on any atom is -0.316 e. The van der Waals surface area contributed by atoms with Crippen molar-refractivity contribution in [1.29, 1.82) is 0 Å². The second-order valence-corrected chi connectivity index (χ2v) is 7.92. The first kappa shape index (κ1) is 18.5. The molecule has 0 N–H and O–H groups in total. The van der Waals surface area contributed by atoms with Gasteiger partial charge in [0.05, 0.1) is 22.1 Å². The number of rotatable bonds is 4. The zero-order valence-corrected chi connectivity index (χ0v) is 17.6. The highest BCUT2D eigenvalue weighted by Gasteiger charge is 2.12. The molecule has 152 valence electrons. The van der Waals surface area contributed by atoms with Gasteiger partial charge >= 0.3 is 0 Å². The van der Waals surface area contributed by atoms with Crippen molar-refractivity contribution in [2.24, 2.45) is 0 Å². The predicted molar refractivity (Wildman–Crippen MR) is 139 cm³/mol. The third-order valence-corrected chi connectivity index (χ3v) is 6.14. The average molecular weight is 411 g/mol. The second-order valence-electron chi connectivity index (χ2n) is 7.92. The summed E-state index contributed by atoms with van der Waals surface area (Å²) in [5.74, 6) is 0. The van der Waals surface area contributed by atoms with Gasteiger partial charge in [0.2, 0.25) is 0 Å². The maximum Gasteiger partial charge on any atom is 0.0541 e. The van der Waals surface area contributed by atoms with Crippen molar-refractivity contribution in [3.8, 4) is 0 Å². The van der Waals surface area contributed by atoms with Crippen LogP contribution in [0.4, 0.5) is 0 Å². The Morgan fingerprint density at radius 2 is 0.969 bits per heavy atom. The summed E-state index contributed by atoms with van der Waals surface area (Å²) in [5, 5.41) is 5.03. The molecule has 2 heteroatoms. The Hall–Kier alpha value is -4.30. The standard InChI is InChI=1S/C30H22N2/c1-2-11-22(32-29-18-9-5-14-25(29)26-15-6-10-19-30(26)32)20-21-31-27-16-7-3-12-23(27)24-13-4-8-17-28(24)31/h2-21H,1H2/b21-20+,22-11+. The lowest BCUT2D eigenvalue weighted by Crippen LogP contribution is -1.95. The summed E-state index contributed by atoms with van der Waals surface area (Å²) in [6, 6.07) is 34.3. The molecule has 2 nitrogen and oxygen atoms in total. The molecule has 0 aliphatic rings. The molecule has 0 amide bonds. The Balaban J connectivity index is 1.60. The summed E-state index contributed by atoms with van der Waals surface area (Å²) in [5.41, 5.74) is 5.84. The van der Waals surface area contributed by atoms with Crippen LogP contribution < -0.4 is 0 Å². The third-order valence-electron chi connectivity index (χ3n) is 6.14. The number of para-hydroxylation sites is 4. The maximum atomic E-state index is 3.98. The van der Waals surface area contributed by atoms with Gasteiger partial charge in [-0.3, -0.25) is 0 Å². The lowest BCUT2D eigenvalue weighted by atomic mass is 10.2. The number of nitrogens with zero attached hydrogens (tertiary/aromatic N) is 2. The monoisotopic (exact) mass is 410 g/mol. The molecule has 2 heterocycles. The van der Waals surface area contributed by atoms with Crippen molar-refractivity contribution in [3.63, 3.8) is 0 Å². The van der Waals surface area contributed by atoms with E-state index in [9.17, 15) is 0 Å². The van der Waals surface area contributed by atoms with Crippen molar-refractivity contribution in [2.45, 2.75) is 0 Å². The number of allylic oxidation sites excluding steroid dienone is 4. The summed E-state index contributed by atoms with van der Waals surface area (Å²) in [7, 11) is 0. The van der Waals surface area contributed by atoms with Crippen molar-refractivity contribution < 1.29 is 0 Å². The molecule has 0 aliphatic carbocycles. The van der Waals surface area contributed by atoms with Gasteiger partial charge in [-0.15, -0.1) is 0 Å². The van der Waals surface area contributed by atoms with Gasteiger partial charge < -0.3 is 9.13 Å². The maximum absolute atomic E-state index is 3.98. The molecule has 0 spiro atoms. The summed E-state index contributed by atoms with van der Waals surface area (Å²) in [6.07, 6.45) is 8.28. The van der Waals surface area contributed by atoms with Crippen LogP contribution in [0, 0.1) is 0 Å². The molecule has 6 rings (SSSR count). The molecule has 0 fully saturated rings. The molecule has 0 radical (unpaired) electrons. The molecule has 6 aromatic rings. The average Bonchev–Trinajstić information content (AvgIpc) is 3.35. The zero-order valence-electron chi connectivity index (χ0n) is 17.6. The molecule has 0 atom stereocenters. The SMILES string of the molecule is C=C/C=C(\C=C\n1c2ccccc2c2ccccc21)n1c2ccccc2c2ccccc21. The van der Waals surface area contributed by atoms with Crippen LogP contribution in [0.25, 0.3) is 55.5 Å². The fourth-order valence-electron chi connectivity index (χ4n) is 4.79. The van der Waals surface area contributed by atoms with E-state index in [1.165, 1.54) is 43.6 Å². The minimum absolute atomic E-state index is 1.07. The van der Waals surface area contributed by atoms with Crippen LogP contribution in [0.2, 0.25) is 0 Å². The third kappa shape index (κ3) is 2.74. The topological polar surface area (TPSA) is 9.86 Å². The number of aromatic nitrogens is 2. The molecule has 0 saturated heterocycles. The number of benzene rings is 4. The number of hydrogen-bond donors (Lipinski definition) is 0. The molecular formula is C30H22N2. The fourth-order valence-corrected chi connectivity index (χ4v) is 4.79. The van der Waals surface area contributed by atoms with Crippen LogP contribution >= 0.6 is 0 Å². The first-order chi connectivity index (χ1) is 15.9. The van der Waals surface area contributed by atoms with E-state index < -0.39 is 0 Å². The van der Waals surface area contributed by atoms with Gasteiger partial charge in [-0.2, -0.15) is 0 Å². The quantitative estimate of drug-likeness (QED) is 0.260. The van der Waals surface area contributed by atoms with Gasteiger partial charge in [0.1, 0.15) is 0 Å². The molecule has 32 heavy (non-hydrogen) atoms. The predicted octanol–water partition coefficient (Wildman–Crippen LogP) is 8.10. The van der Waals surface area contributed by atoms with Crippen molar-refractivity contribution in [1.82, 2.24) is 9.13 Å². The van der Waals surface area contributed by atoms with Gasteiger partial charge in [0.15, 0.2) is 0 Å². The smallest absolute Gasteiger partial charge is 0.0541 e. The van der Waals surface area contributed by atoms with Crippen LogP contribution in [-0.2, 0) is 0 Å². The molecule has 4 aromatic carbocycles. The van der Waals surface area contributed by atoms with Gasteiger partial charge in [0.25, 0.3) is 0 Å². The summed E-state index contributed by atoms with van der Waals surface area (Å²) in [4.78, 5) is 0. The fraction of sp³-hybridized carbons (Fsp3) is 0. The van der Waals surface area contributed by atoms with Crippen molar-refractivity contribution in [2.75, 3.05) is 0 Å². The highest BCUT2D eigenvalue weighted by molar-refractivity contribution is 6.11. The lowest BCUT2D eigenvalue weighted by molar-refractivity contribution is 1.23. The lowest BCUT2D eigenvalue weighted by Gasteiger charge is -2.09. The Kier molecular flexibility index (Phi) is 4.29. The van der Waals surface area contributed by atoms with E-state index in [0.717, 1.165) is 5.70 Å². The Morgan fingerprint density at radius 3 is 1.44 bits per heavy atom. The Labute approximate surface area is 186 Å². The molecule has 0 aliphatic heterocycles. The summed E-state index contributed by atoms with van der Waals surface area (Å²) < 4.78 is 4.59. The zero-order chi connectivity index (χ0) is 21.5. The van der Waals surface area contributed by atoms with E-state index in [1.807, 2.05) is 6.08 Å². The van der Waals surface area contributed by atoms with Crippen LogP contribution in [-0.4, -0.2) is 9.13 Å². The summed E-state index contributed by atoms with van der Waals surface area (Å²) >= 11 is 0. The van der Waals surface area contributed by atoms with Gasteiger partial charge in [-0.25, -0.2) is 0 Å². The van der Waals surface area contributed by atoms with Crippen molar-refractivity contribution >= 4 is 55.5 Å². The minimum atomic E-state index is 1.07. The normalized spacial score (nSPS) is 12.6. The first-order valence-electron chi connectivity index (χ1n) is 10.8. The van der Waals surface area contributed by atoms with E-state index in [0.29, 0.717) is 0 Å². The van der Waals surface area contributed by atoms with Gasteiger partial charge in [-0.05, 0) is 36.4 Å². The molecule has 0 bridgehead atoms. The molecule has 0 unspecified atom stereocenters. The van der Waals surface area contributed by atoms with E-state index in [-0.39, 0.29) is 0 Å². The molecule has 0 saturated carbocycles. The second kappa shape index (κ2) is 7.44. The van der Waals surface area contributed by atoms with E-state index in [4.69, 9.17) is 0 Å². The van der Waals surface area contributed by atoms with Crippen molar-refractivity contribution in [3.05, 3.63) is 122 Å². The Morgan fingerprint density at radius 1 is 0.562 bits per heavy atom. The molecule has 2 aromatic heterocycles. The highest BCUT2D eigenvalue weighted by atomic mass is 15.0. The highest BCUT2D eigenvalue weighted by Crippen LogP contribution is 2.33. The van der Waals surface area contributed by atoms with Crippen LogP contribution in [0.15, 0.2) is 122 Å². The van der Waals surface area contributed by atoms with Gasteiger partial charge in [0, 0.05) is 33.4 Å². The summed E-state index contributed by atoms with van der Waals surface area (Å²) in [6.45, 7) is 3.98. The van der Waals surface area contributed by atoms with Crippen LogP contribution in [0.3, 0.4) is 0 Å². The molecular weight excluding hydrogens is 388 g/mol. The van der Waals surface area contributed by atoms with Crippen LogP contribution in [0.1, 0.15) is 0 Å². The Bertz CT molecular complexity index is 1580. The number of fused-ring (bicyclic) bond motifs is 6. The largest absolute Gasteiger partial charge is 0.316 e. The van der Waals surface area contributed by atoms with Gasteiger partial charge in [-0.1, -0.05) is 85.5 Å². The van der Waals surface area contributed by atoms with Crippen LogP contribution in [0.5, 0.6) is 0 Å². The van der Waals surface area contributed by atoms with E-state index in [2.05, 4.69) is 131 Å². The van der Waals surface area contributed by atoms with E-state index >= 15 is 0 Å². The first-order valence-corrected chi connectivity index (χ1v) is 10.8.